The summed E-state index contributed by atoms with van der Waals surface area (Å²) in [6, 6.07) is 10.7. The van der Waals surface area contributed by atoms with Crippen molar-refractivity contribution in [2.24, 2.45) is 0 Å². The van der Waals surface area contributed by atoms with Gasteiger partial charge in [-0.2, -0.15) is 0 Å². The highest BCUT2D eigenvalue weighted by atomic mass is 16.5. The number of amides is 1. The van der Waals surface area contributed by atoms with Gasteiger partial charge in [0.1, 0.15) is 23.0 Å². The van der Waals surface area contributed by atoms with Gasteiger partial charge in [0.05, 0.1) is 32.9 Å². The molecule has 1 aliphatic heterocycles. The number of rotatable bonds is 8. The van der Waals surface area contributed by atoms with Crippen molar-refractivity contribution in [3.05, 3.63) is 59.2 Å². The van der Waals surface area contributed by atoms with Crippen molar-refractivity contribution in [1.82, 2.24) is 4.90 Å². The van der Waals surface area contributed by atoms with Crippen molar-refractivity contribution in [2.75, 3.05) is 34.5 Å². The second-order valence-corrected chi connectivity index (χ2v) is 6.91. The molecule has 0 aliphatic carbocycles. The molecule has 3 rings (SSSR count). The first-order chi connectivity index (χ1) is 15.0. The molecular formula is C23H25NO7. The SMILES string of the molecule is COc1ccc(C(O)=C2C(=O)C(=O)N(CCCO)[C@H]2c2ccc(OC)cc2OC)cc1. The Labute approximate surface area is 180 Å². The van der Waals surface area contributed by atoms with Gasteiger partial charge in [0.2, 0.25) is 0 Å². The van der Waals surface area contributed by atoms with Crippen molar-refractivity contribution in [1.29, 1.82) is 0 Å². The molecule has 0 unspecified atom stereocenters. The van der Waals surface area contributed by atoms with Crippen LogP contribution in [0.3, 0.4) is 0 Å². The molecule has 1 atom stereocenters. The topological polar surface area (TPSA) is 106 Å². The second kappa shape index (κ2) is 9.53. The molecule has 8 nitrogen and oxygen atoms in total. The lowest BCUT2D eigenvalue weighted by Crippen LogP contribution is -2.31. The standard InChI is InChI=1S/C23H25NO7/c1-29-15-7-5-14(6-8-15)21(26)19-20(24(11-4-12-25)23(28)22(19)27)17-10-9-16(30-2)13-18(17)31-3/h5-10,13,20,25-26H,4,11-12H2,1-3H3/t20-/m0/s1. The number of hydrogen-bond acceptors (Lipinski definition) is 7. The van der Waals surface area contributed by atoms with Gasteiger partial charge in [0.15, 0.2) is 0 Å². The third-order valence-corrected chi connectivity index (χ3v) is 5.20. The number of nitrogens with zero attached hydrogens (tertiary/aromatic N) is 1. The highest BCUT2D eigenvalue weighted by Crippen LogP contribution is 2.43. The molecule has 0 aromatic heterocycles. The Morgan fingerprint density at radius 2 is 1.61 bits per heavy atom. The van der Waals surface area contributed by atoms with Crippen molar-refractivity contribution in [2.45, 2.75) is 12.5 Å². The van der Waals surface area contributed by atoms with Crippen LogP contribution in [0.1, 0.15) is 23.6 Å². The van der Waals surface area contributed by atoms with E-state index in [-0.39, 0.29) is 30.9 Å². The average Bonchev–Trinajstić information content (AvgIpc) is 3.06. The van der Waals surface area contributed by atoms with E-state index in [1.54, 1.807) is 42.5 Å². The summed E-state index contributed by atoms with van der Waals surface area (Å²) in [6.45, 7) is -0.00569. The lowest BCUT2D eigenvalue weighted by atomic mass is 9.94. The van der Waals surface area contributed by atoms with E-state index >= 15 is 0 Å². The lowest BCUT2D eigenvalue weighted by Gasteiger charge is -2.26. The summed E-state index contributed by atoms with van der Waals surface area (Å²) in [5, 5.41) is 20.3. The van der Waals surface area contributed by atoms with E-state index in [0.717, 1.165) is 0 Å². The van der Waals surface area contributed by atoms with Gasteiger partial charge in [-0.3, -0.25) is 9.59 Å². The number of benzene rings is 2. The molecule has 2 aromatic rings. The van der Waals surface area contributed by atoms with Crippen LogP contribution in [0.5, 0.6) is 17.2 Å². The summed E-state index contributed by atoms with van der Waals surface area (Å²) in [4.78, 5) is 27.1. The summed E-state index contributed by atoms with van der Waals surface area (Å²) in [5.74, 6) is -0.298. The number of ether oxygens (including phenoxy) is 3. The fraction of sp³-hybridized carbons (Fsp3) is 0.304. The number of methoxy groups -OCH3 is 3. The molecule has 1 saturated heterocycles. The fourth-order valence-electron chi connectivity index (χ4n) is 3.62. The van der Waals surface area contributed by atoms with Crippen LogP contribution in [0.15, 0.2) is 48.0 Å². The molecule has 0 spiro atoms. The predicted molar refractivity (Wildman–Crippen MR) is 113 cm³/mol. The van der Waals surface area contributed by atoms with Crippen molar-refractivity contribution in [3.8, 4) is 17.2 Å². The molecule has 1 fully saturated rings. The number of likely N-dealkylation sites (tertiary alicyclic amines) is 1. The van der Waals surface area contributed by atoms with Gasteiger partial charge in [-0.05, 0) is 42.8 Å². The summed E-state index contributed by atoms with van der Waals surface area (Å²) in [5.41, 5.74) is 0.852. The Kier molecular flexibility index (Phi) is 6.81. The second-order valence-electron chi connectivity index (χ2n) is 6.91. The largest absolute Gasteiger partial charge is 0.507 e. The Balaban J connectivity index is 2.19. The van der Waals surface area contributed by atoms with Crippen LogP contribution in [-0.4, -0.2) is 61.3 Å². The minimum atomic E-state index is -0.880. The number of hydrogen-bond donors (Lipinski definition) is 2. The van der Waals surface area contributed by atoms with Gasteiger partial charge in [-0.25, -0.2) is 0 Å². The van der Waals surface area contributed by atoms with Crippen LogP contribution in [0.2, 0.25) is 0 Å². The molecule has 8 heteroatoms. The van der Waals surface area contributed by atoms with Gasteiger partial charge in [0.25, 0.3) is 11.7 Å². The number of aliphatic hydroxyl groups excluding tert-OH is 2. The Bertz CT molecular complexity index is 997. The van der Waals surface area contributed by atoms with Crippen LogP contribution in [0.25, 0.3) is 5.76 Å². The zero-order valence-corrected chi connectivity index (χ0v) is 17.6. The third kappa shape index (κ3) is 4.20. The third-order valence-electron chi connectivity index (χ3n) is 5.20. The molecule has 1 heterocycles. The maximum absolute atomic E-state index is 13.0. The van der Waals surface area contributed by atoms with E-state index in [0.29, 0.717) is 28.4 Å². The maximum Gasteiger partial charge on any atom is 0.295 e. The Morgan fingerprint density at radius 1 is 0.968 bits per heavy atom. The van der Waals surface area contributed by atoms with E-state index in [9.17, 15) is 19.8 Å². The minimum absolute atomic E-state index is 0.0448. The number of carbonyl (C=O) groups is 2. The Hall–Kier alpha value is -3.52. The first-order valence-electron chi connectivity index (χ1n) is 9.72. The molecule has 1 amide bonds. The zero-order valence-electron chi connectivity index (χ0n) is 17.6. The first-order valence-corrected chi connectivity index (χ1v) is 9.72. The van der Waals surface area contributed by atoms with Crippen LogP contribution < -0.4 is 14.2 Å². The van der Waals surface area contributed by atoms with Crippen LogP contribution in [0.4, 0.5) is 0 Å². The fourth-order valence-corrected chi connectivity index (χ4v) is 3.62. The highest BCUT2D eigenvalue weighted by Gasteiger charge is 2.46. The number of Topliss-reactive ketones (excluding diaryl/α,β-unsaturated/α-hetero) is 1. The van der Waals surface area contributed by atoms with Gasteiger partial charge in [-0.15, -0.1) is 0 Å². The van der Waals surface area contributed by atoms with Gasteiger partial charge >= 0.3 is 0 Å². The smallest absolute Gasteiger partial charge is 0.295 e. The zero-order chi connectivity index (χ0) is 22.5. The summed E-state index contributed by atoms with van der Waals surface area (Å²) in [6.07, 6.45) is 0.282. The van der Waals surface area contributed by atoms with E-state index in [4.69, 9.17) is 14.2 Å². The molecule has 164 valence electrons. The van der Waals surface area contributed by atoms with Gasteiger partial charge < -0.3 is 29.3 Å². The number of ketones is 1. The summed E-state index contributed by atoms with van der Waals surface area (Å²) < 4.78 is 15.9. The average molecular weight is 427 g/mol. The highest BCUT2D eigenvalue weighted by molar-refractivity contribution is 6.46. The van der Waals surface area contributed by atoms with E-state index in [2.05, 4.69) is 0 Å². The molecule has 0 radical (unpaired) electrons. The van der Waals surface area contributed by atoms with Gasteiger partial charge in [0, 0.05) is 30.3 Å². The van der Waals surface area contributed by atoms with E-state index < -0.39 is 17.7 Å². The maximum atomic E-state index is 13.0. The van der Waals surface area contributed by atoms with Crippen LogP contribution >= 0.6 is 0 Å². The molecule has 1 aliphatic rings. The number of aliphatic hydroxyl groups is 2. The molecule has 0 bridgehead atoms. The Morgan fingerprint density at radius 3 is 2.19 bits per heavy atom. The molecule has 31 heavy (non-hydrogen) atoms. The van der Waals surface area contributed by atoms with Crippen molar-refractivity contribution < 1.29 is 34.0 Å². The van der Waals surface area contributed by atoms with Gasteiger partial charge in [-0.1, -0.05) is 0 Å². The van der Waals surface area contributed by atoms with Crippen molar-refractivity contribution >= 4 is 17.4 Å². The van der Waals surface area contributed by atoms with E-state index in [1.807, 2.05) is 0 Å². The first kappa shape index (κ1) is 22.2. The normalized spacial score (nSPS) is 17.7. The summed E-state index contributed by atoms with van der Waals surface area (Å²) in [7, 11) is 4.52. The molecule has 0 saturated carbocycles. The van der Waals surface area contributed by atoms with E-state index in [1.165, 1.54) is 26.2 Å². The van der Waals surface area contributed by atoms with Crippen molar-refractivity contribution in [3.63, 3.8) is 0 Å². The molecular weight excluding hydrogens is 402 g/mol. The monoisotopic (exact) mass is 427 g/mol. The number of carbonyl (C=O) groups excluding carboxylic acids is 2. The summed E-state index contributed by atoms with van der Waals surface area (Å²) >= 11 is 0. The lowest BCUT2D eigenvalue weighted by molar-refractivity contribution is -0.140. The van der Waals surface area contributed by atoms with Crippen LogP contribution in [0, 0.1) is 0 Å². The van der Waals surface area contributed by atoms with Crippen LogP contribution in [-0.2, 0) is 9.59 Å². The molecule has 2 aromatic carbocycles. The predicted octanol–water partition coefficient (Wildman–Crippen LogP) is 2.52. The molecule has 2 N–H and O–H groups in total. The minimum Gasteiger partial charge on any atom is -0.507 e. The quantitative estimate of drug-likeness (QED) is 0.379.